The molecule has 2 aromatic rings. The number of carbonyl (C=O) groups is 1. The second kappa shape index (κ2) is 7.99. The second-order valence-electron chi connectivity index (χ2n) is 5.85. The number of thiophene rings is 1. The summed E-state index contributed by atoms with van der Waals surface area (Å²) in [6.45, 7) is 0.892. The molecule has 0 unspecified atom stereocenters. The number of nitrogens with one attached hydrogen (secondary N) is 1. The molecule has 1 saturated heterocycles. The van der Waals surface area contributed by atoms with Crippen molar-refractivity contribution in [2.75, 3.05) is 13.1 Å². The van der Waals surface area contributed by atoms with Crippen LogP contribution in [0.5, 0.6) is 0 Å². The quantitative estimate of drug-likeness (QED) is 0.747. The summed E-state index contributed by atoms with van der Waals surface area (Å²) in [5.41, 5.74) is 0. The Morgan fingerprint density at radius 1 is 1.28 bits per heavy atom. The van der Waals surface area contributed by atoms with Gasteiger partial charge in [-0.05, 0) is 55.0 Å². The van der Waals surface area contributed by atoms with Gasteiger partial charge in [-0.15, -0.1) is 11.3 Å². The highest BCUT2D eigenvalue weighted by molar-refractivity contribution is 9.10. The van der Waals surface area contributed by atoms with E-state index in [0.29, 0.717) is 25.9 Å². The van der Waals surface area contributed by atoms with E-state index in [1.165, 1.54) is 9.18 Å². The van der Waals surface area contributed by atoms with Crippen LogP contribution >= 0.6 is 27.3 Å². The van der Waals surface area contributed by atoms with Crippen LogP contribution in [0.1, 0.15) is 17.7 Å². The monoisotopic (exact) mass is 442 g/mol. The molecule has 3 rings (SSSR count). The van der Waals surface area contributed by atoms with Gasteiger partial charge >= 0.3 is 0 Å². The minimum atomic E-state index is -3.66. The molecule has 1 N–H and O–H groups in total. The van der Waals surface area contributed by atoms with Gasteiger partial charge in [0.25, 0.3) is 0 Å². The van der Waals surface area contributed by atoms with Crippen molar-refractivity contribution in [1.82, 2.24) is 9.62 Å². The summed E-state index contributed by atoms with van der Waals surface area (Å²) in [4.78, 5) is 13.9. The molecule has 1 aromatic carbocycles. The number of hydrogen-bond acceptors (Lipinski definition) is 4. The van der Waals surface area contributed by atoms with Crippen molar-refractivity contribution in [3.8, 4) is 0 Å². The van der Waals surface area contributed by atoms with Crippen LogP contribution in [0, 0.1) is 0 Å². The van der Waals surface area contributed by atoms with Crippen LogP contribution in [-0.2, 0) is 21.2 Å². The van der Waals surface area contributed by atoms with Crippen molar-refractivity contribution in [3.05, 3.63) is 51.1 Å². The van der Waals surface area contributed by atoms with Crippen LogP contribution in [-0.4, -0.2) is 37.8 Å². The molecule has 25 heavy (non-hydrogen) atoms. The van der Waals surface area contributed by atoms with Crippen molar-refractivity contribution in [2.24, 2.45) is 0 Å². The Kier molecular flexibility index (Phi) is 5.93. The second-order valence-corrected chi connectivity index (χ2v) is 9.69. The molecule has 1 aromatic heterocycles. The highest BCUT2D eigenvalue weighted by atomic mass is 79.9. The van der Waals surface area contributed by atoms with Crippen molar-refractivity contribution in [1.29, 1.82) is 0 Å². The lowest BCUT2D eigenvalue weighted by Gasteiger charge is -2.23. The van der Waals surface area contributed by atoms with Crippen molar-refractivity contribution in [3.63, 3.8) is 0 Å². The van der Waals surface area contributed by atoms with Gasteiger partial charge in [0.2, 0.25) is 15.9 Å². The standard InChI is InChI=1S/C17H19BrN2O3S2/c18-13-5-7-15(8-6-13)25(22,23)20-11-1-4-16(20)17(21)19-10-9-14-3-2-12-24-14/h2-3,5-8,12,16H,1,4,9-11H2,(H,19,21)/t16-/m1/s1. The summed E-state index contributed by atoms with van der Waals surface area (Å²) in [5.74, 6) is -0.213. The molecule has 0 radical (unpaired) electrons. The average molecular weight is 443 g/mol. The van der Waals surface area contributed by atoms with E-state index in [1.807, 2.05) is 17.5 Å². The fourth-order valence-corrected chi connectivity index (χ4v) is 5.54. The van der Waals surface area contributed by atoms with E-state index in [4.69, 9.17) is 0 Å². The summed E-state index contributed by atoms with van der Waals surface area (Å²) in [6, 6.07) is 9.88. The zero-order valence-corrected chi connectivity index (χ0v) is 16.7. The molecule has 1 aliphatic rings. The first-order valence-corrected chi connectivity index (χ1v) is 11.2. The van der Waals surface area contributed by atoms with E-state index < -0.39 is 16.1 Å². The Labute approximate surface area is 160 Å². The lowest BCUT2D eigenvalue weighted by molar-refractivity contribution is -0.124. The molecular formula is C17H19BrN2O3S2. The number of carbonyl (C=O) groups excluding carboxylic acids is 1. The Balaban J connectivity index is 1.66. The summed E-state index contributed by atoms with van der Waals surface area (Å²) in [6.07, 6.45) is 2.01. The van der Waals surface area contributed by atoms with E-state index in [9.17, 15) is 13.2 Å². The van der Waals surface area contributed by atoms with Crippen molar-refractivity contribution in [2.45, 2.75) is 30.2 Å². The largest absolute Gasteiger partial charge is 0.354 e. The zero-order chi connectivity index (χ0) is 17.9. The zero-order valence-electron chi connectivity index (χ0n) is 13.5. The highest BCUT2D eigenvalue weighted by Crippen LogP contribution is 2.27. The van der Waals surface area contributed by atoms with E-state index in [1.54, 1.807) is 35.6 Å². The maximum Gasteiger partial charge on any atom is 0.243 e. The van der Waals surface area contributed by atoms with E-state index in [2.05, 4.69) is 21.2 Å². The molecule has 1 fully saturated rings. The Bertz CT molecular complexity index is 820. The highest BCUT2D eigenvalue weighted by Gasteiger charge is 2.39. The number of halogens is 1. The van der Waals surface area contributed by atoms with Gasteiger partial charge in [-0.2, -0.15) is 4.31 Å². The minimum Gasteiger partial charge on any atom is -0.354 e. The molecule has 2 heterocycles. The number of sulfonamides is 1. The van der Waals surface area contributed by atoms with Crippen LogP contribution in [0.25, 0.3) is 0 Å². The summed E-state index contributed by atoms with van der Waals surface area (Å²) >= 11 is 4.95. The van der Waals surface area contributed by atoms with Gasteiger partial charge in [0.15, 0.2) is 0 Å². The van der Waals surface area contributed by atoms with Crippen LogP contribution < -0.4 is 5.32 Å². The van der Waals surface area contributed by atoms with Gasteiger partial charge in [0.05, 0.1) is 4.90 Å². The smallest absolute Gasteiger partial charge is 0.243 e. The molecule has 5 nitrogen and oxygen atoms in total. The number of amides is 1. The van der Waals surface area contributed by atoms with Gasteiger partial charge in [-0.1, -0.05) is 22.0 Å². The molecule has 0 spiro atoms. The number of rotatable bonds is 6. The van der Waals surface area contributed by atoms with E-state index in [0.717, 1.165) is 10.9 Å². The van der Waals surface area contributed by atoms with Gasteiger partial charge in [-0.25, -0.2) is 8.42 Å². The number of nitrogens with zero attached hydrogens (tertiary/aromatic N) is 1. The van der Waals surface area contributed by atoms with E-state index >= 15 is 0 Å². The lowest BCUT2D eigenvalue weighted by Crippen LogP contribution is -2.46. The Morgan fingerprint density at radius 2 is 2.04 bits per heavy atom. The molecule has 1 atom stereocenters. The lowest BCUT2D eigenvalue weighted by atomic mass is 10.2. The molecule has 0 bridgehead atoms. The summed E-state index contributed by atoms with van der Waals surface area (Å²) < 4.78 is 27.9. The Morgan fingerprint density at radius 3 is 2.72 bits per heavy atom. The molecule has 8 heteroatoms. The predicted octanol–water partition coefficient (Wildman–Crippen LogP) is 3.02. The molecule has 1 amide bonds. The van der Waals surface area contributed by atoms with Gasteiger partial charge in [0.1, 0.15) is 6.04 Å². The number of hydrogen-bond donors (Lipinski definition) is 1. The molecule has 0 saturated carbocycles. The summed E-state index contributed by atoms with van der Waals surface area (Å²) in [5, 5.41) is 4.88. The average Bonchev–Trinajstić information content (AvgIpc) is 3.27. The minimum absolute atomic E-state index is 0.213. The maximum absolute atomic E-state index is 12.9. The van der Waals surface area contributed by atoms with Gasteiger partial charge in [-0.3, -0.25) is 4.79 Å². The fourth-order valence-electron chi connectivity index (χ4n) is 2.91. The predicted molar refractivity (Wildman–Crippen MR) is 102 cm³/mol. The first kappa shape index (κ1) is 18.6. The topological polar surface area (TPSA) is 66.5 Å². The number of benzene rings is 1. The first-order valence-electron chi connectivity index (χ1n) is 8.06. The SMILES string of the molecule is O=C(NCCc1cccs1)[C@H]1CCCN1S(=O)(=O)c1ccc(Br)cc1. The third-order valence-electron chi connectivity index (χ3n) is 4.18. The van der Waals surface area contributed by atoms with Crippen molar-refractivity contribution < 1.29 is 13.2 Å². The van der Waals surface area contributed by atoms with Crippen molar-refractivity contribution >= 4 is 43.2 Å². The van der Waals surface area contributed by atoms with E-state index in [-0.39, 0.29) is 10.8 Å². The van der Waals surface area contributed by atoms with Gasteiger partial charge in [0, 0.05) is 22.4 Å². The first-order chi connectivity index (χ1) is 12.0. The molecular weight excluding hydrogens is 424 g/mol. The van der Waals surface area contributed by atoms with Crippen LogP contribution in [0.2, 0.25) is 0 Å². The van der Waals surface area contributed by atoms with Gasteiger partial charge < -0.3 is 5.32 Å². The molecule has 134 valence electrons. The van der Waals surface area contributed by atoms with Crippen LogP contribution in [0.15, 0.2) is 51.1 Å². The van der Waals surface area contributed by atoms with Crippen LogP contribution in [0.4, 0.5) is 0 Å². The third kappa shape index (κ3) is 4.31. The third-order valence-corrected chi connectivity index (χ3v) is 7.56. The maximum atomic E-state index is 12.9. The molecule has 0 aliphatic carbocycles. The molecule has 1 aliphatic heterocycles. The fraction of sp³-hybridized carbons (Fsp3) is 0.353. The normalized spacial score (nSPS) is 18.4. The summed E-state index contributed by atoms with van der Waals surface area (Å²) in [7, 11) is -3.66. The van der Waals surface area contributed by atoms with Crippen LogP contribution in [0.3, 0.4) is 0 Å². The Hall–Kier alpha value is -1.22.